The minimum Gasteiger partial charge on any atom is -0.346 e. The zero-order valence-corrected chi connectivity index (χ0v) is 14.4. The molecular formula is C17H19N5OS. The molecule has 7 heteroatoms. The van der Waals surface area contributed by atoms with Crippen molar-refractivity contribution >= 4 is 16.5 Å². The van der Waals surface area contributed by atoms with E-state index in [-0.39, 0.29) is 0 Å². The van der Waals surface area contributed by atoms with Gasteiger partial charge in [-0.05, 0) is 13.0 Å². The van der Waals surface area contributed by atoms with E-state index in [0.29, 0.717) is 18.3 Å². The van der Waals surface area contributed by atoms with Crippen molar-refractivity contribution in [3.8, 4) is 11.4 Å². The Labute approximate surface area is 144 Å². The first-order valence-corrected chi connectivity index (χ1v) is 8.92. The molecule has 0 aliphatic carbocycles. The Hall–Kier alpha value is -2.25. The van der Waals surface area contributed by atoms with Gasteiger partial charge in [-0.1, -0.05) is 28.9 Å². The van der Waals surface area contributed by atoms with Gasteiger partial charge in [-0.25, -0.2) is 4.98 Å². The highest BCUT2D eigenvalue weighted by molar-refractivity contribution is 7.13. The number of anilines is 1. The molecule has 0 spiro atoms. The van der Waals surface area contributed by atoms with Gasteiger partial charge in [0.25, 0.3) is 0 Å². The summed E-state index contributed by atoms with van der Waals surface area (Å²) in [7, 11) is 0. The average molecular weight is 341 g/mol. The van der Waals surface area contributed by atoms with E-state index < -0.39 is 0 Å². The van der Waals surface area contributed by atoms with Crippen molar-refractivity contribution in [3.63, 3.8) is 0 Å². The molecule has 1 aromatic carbocycles. The summed E-state index contributed by atoms with van der Waals surface area (Å²) in [4.78, 5) is 13.6. The normalized spacial score (nSPS) is 15.8. The summed E-state index contributed by atoms with van der Waals surface area (Å²) in [5.74, 6) is 1.34. The van der Waals surface area contributed by atoms with Crippen LogP contribution < -0.4 is 4.90 Å². The molecule has 1 aliphatic rings. The number of benzene rings is 1. The molecule has 4 rings (SSSR count). The van der Waals surface area contributed by atoms with E-state index in [9.17, 15) is 0 Å². The van der Waals surface area contributed by atoms with Gasteiger partial charge in [-0.15, -0.1) is 11.3 Å². The second kappa shape index (κ2) is 6.70. The number of aryl methyl sites for hydroxylation is 1. The topological polar surface area (TPSA) is 58.3 Å². The summed E-state index contributed by atoms with van der Waals surface area (Å²) in [5.41, 5.74) is 2.19. The SMILES string of the molecule is Cc1cccc(-c2noc(CN3CCN(c4nccs4)CC3)n2)c1. The summed E-state index contributed by atoms with van der Waals surface area (Å²) in [5, 5.41) is 7.24. The lowest BCUT2D eigenvalue weighted by molar-refractivity contribution is 0.215. The Morgan fingerprint density at radius 3 is 2.83 bits per heavy atom. The number of nitrogens with zero attached hydrogens (tertiary/aromatic N) is 5. The number of piperazine rings is 1. The number of rotatable bonds is 4. The molecule has 0 radical (unpaired) electrons. The largest absolute Gasteiger partial charge is 0.346 e. The van der Waals surface area contributed by atoms with Crippen LogP contribution in [0.2, 0.25) is 0 Å². The van der Waals surface area contributed by atoms with Crippen LogP contribution in [-0.4, -0.2) is 46.2 Å². The maximum atomic E-state index is 5.43. The predicted octanol–water partition coefficient (Wildman–Crippen LogP) is 2.82. The van der Waals surface area contributed by atoms with E-state index >= 15 is 0 Å². The van der Waals surface area contributed by atoms with Crippen molar-refractivity contribution in [1.29, 1.82) is 0 Å². The molecule has 2 aromatic heterocycles. The number of hydrogen-bond acceptors (Lipinski definition) is 7. The Kier molecular flexibility index (Phi) is 4.27. The van der Waals surface area contributed by atoms with E-state index in [4.69, 9.17) is 4.52 Å². The Balaban J connectivity index is 1.37. The monoisotopic (exact) mass is 341 g/mol. The van der Waals surface area contributed by atoms with Crippen LogP contribution in [0.5, 0.6) is 0 Å². The highest BCUT2D eigenvalue weighted by Crippen LogP contribution is 2.20. The van der Waals surface area contributed by atoms with Gasteiger partial charge in [0.05, 0.1) is 6.54 Å². The molecule has 0 amide bonds. The molecule has 1 saturated heterocycles. The second-order valence-electron chi connectivity index (χ2n) is 5.96. The number of thiazole rings is 1. The minimum atomic E-state index is 0.662. The number of hydrogen-bond donors (Lipinski definition) is 0. The first-order valence-electron chi connectivity index (χ1n) is 8.04. The van der Waals surface area contributed by atoms with Crippen molar-refractivity contribution in [2.75, 3.05) is 31.1 Å². The molecule has 1 aliphatic heterocycles. The van der Waals surface area contributed by atoms with Gasteiger partial charge in [0.2, 0.25) is 11.7 Å². The molecule has 0 atom stereocenters. The van der Waals surface area contributed by atoms with Crippen LogP contribution in [0, 0.1) is 6.92 Å². The molecule has 0 bridgehead atoms. The van der Waals surface area contributed by atoms with Crippen molar-refractivity contribution in [2.45, 2.75) is 13.5 Å². The van der Waals surface area contributed by atoms with E-state index in [1.54, 1.807) is 11.3 Å². The predicted molar refractivity (Wildman–Crippen MR) is 94.1 cm³/mol. The Morgan fingerprint density at radius 2 is 2.08 bits per heavy atom. The summed E-state index contributed by atoms with van der Waals surface area (Å²) in [6.45, 7) is 6.67. The average Bonchev–Trinajstić information content (AvgIpc) is 3.27. The second-order valence-corrected chi connectivity index (χ2v) is 6.83. The maximum absolute atomic E-state index is 5.43. The van der Waals surface area contributed by atoms with E-state index in [2.05, 4.69) is 44.0 Å². The number of aromatic nitrogens is 3. The third-order valence-electron chi connectivity index (χ3n) is 4.17. The fourth-order valence-corrected chi connectivity index (χ4v) is 3.58. The zero-order valence-electron chi connectivity index (χ0n) is 13.6. The summed E-state index contributed by atoms with van der Waals surface area (Å²) in [6, 6.07) is 8.15. The lowest BCUT2D eigenvalue weighted by atomic mass is 10.1. The van der Waals surface area contributed by atoms with Gasteiger partial charge in [-0.2, -0.15) is 4.98 Å². The molecule has 6 nitrogen and oxygen atoms in total. The van der Waals surface area contributed by atoms with Crippen molar-refractivity contribution < 1.29 is 4.52 Å². The fraction of sp³-hybridized carbons (Fsp3) is 0.353. The van der Waals surface area contributed by atoms with Crippen LogP contribution in [0.4, 0.5) is 5.13 Å². The van der Waals surface area contributed by atoms with Gasteiger partial charge < -0.3 is 9.42 Å². The highest BCUT2D eigenvalue weighted by atomic mass is 32.1. The smallest absolute Gasteiger partial charge is 0.241 e. The van der Waals surface area contributed by atoms with Crippen LogP contribution in [0.3, 0.4) is 0 Å². The minimum absolute atomic E-state index is 0.662. The van der Waals surface area contributed by atoms with Crippen LogP contribution in [0.1, 0.15) is 11.5 Å². The molecule has 0 N–H and O–H groups in total. The van der Waals surface area contributed by atoms with Gasteiger partial charge in [0, 0.05) is 43.3 Å². The van der Waals surface area contributed by atoms with Crippen LogP contribution in [0.15, 0.2) is 40.4 Å². The van der Waals surface area contributed by atoms with Gasteiger partial charge >= 0.3 is 0 Å². The zero-order chi connectivity index (χ0) is 16.4. The van der Waals surface area contributed by atoms with Gasteiger partial charge in [-0.3, -0.25) is 4.90 Å². The van der Waals surface area contributed by atoms with Crippen molar-refractivity contribution in [3.05, 3.63) is 47.3 Å². The molecule has 0 unspecified atom stereocenters. The third kappa shape index (κ3) is 3.32. The summed E-state index contributed by atoms with van der Waals surface area (Å²) in [6.07, 6.45) is 1.86. The molecular weight excluding hydrogens is 322 g/mol. The van der Waals surface area contributed by atoms with E-state index in [0.717, 1.165) is 36.9 Å². The Morgan fingerprint density at radius 1 is 1.21 bits per heavy atom. The molecule has 0 saturated carbocycles. The molecule has 1 fully saturated rings. The lowest BCUT2D eigenvalue weighted by Crippen LogP contribution is -2.46. The summed E-state index contributed by atoms with van der Waals surface area (Å²) < 4.78 is 5.43. The maximum Gasteiger partial charge on any atom is 0.241 e. The standard InChI is InChI=1S/C17H19N5OS/c1-13-3-2-4-14(11-13)16-19-15(23-20-16)12-21-6-8-22(9-7-21)17-18-5-10-24-17/h2-5,10-11H,6-9,12H2,1H3. The first kappa shape index (κ1) is 15.3. The van der Waals surface area contributed by atoms with Crippen LogP contribution in [0.25, 0.3) is 11.4 Å². The first-order chi connectivity index (χ1) is 11.8. The van der Waals surface area contributed by atoms with E-state index in [1.807, 2.05) is 23.7 Å². The van der Waals surface area contributed by atoms with Crippen molar-refractivity contribution in [2.24, 2.45) is 0 Å². The van der Waals surface area contributed by atoms with Crippen LogP contribution >= 0.6 is 11.3 Å². The highest BCUT2D eigenvalue weighted by Gasteiger charge is 2.20. The molecule has 24 heavy (non-hydrogen) atoms. The summed E-state index contributed by atoms with van der Waals surface area (Å²) >= 11 is 1.69. The Bertz CT molecular complexity index is 793. The quantitative estimate of drug-likeness (QED) is 0.727. The van der Waals surface area contributed by atoms with Gasteiger partial charge in [0.15, 0.2) is 5.13 Å². The lowest BCUT2D eigenvalue weighted by Gasteiger charge is -2.33. The molecule has 3 heterocycles. The fourth-order valence-electron chi connectivity index (χ4n) is 2.88. The van der Waals surface area contributed by atoms with E-state index in [1.165, 1.54) is 5.56 Å². The molecule has 3 aromatic rings. The van der Waals surface area contributed by atoms with Crippen LogP contribution in [-0.2, 0) is 6.54 Å². The molecule has 124 valence electrons. The van der Waals surface area contributed by atoms with Gasteiger partial charge in [0.1, 0.15) is 0 Å². The van der Waals surface area contributed by atoms with Crippen molar-refractivity contribution in [1.82, 2.24) is 20.0 Å². The third-order valence-corrected chi connectivity index (χ3v) is 5.00.